The normalized spacial score (nSPS) is 13.2. The average molecular weight is 278 g/mol. The first-order chi connectivity index (χ1) is 9.47. The molecule has 0 bridgehead atoms. The topological polar surface area (TPSA) is 34.1 Å². The Morgan fingerprint density at radius 2 is 2.00 bits per heavy atom. The molecule has 3 nitrogen and oxygen atoms in total. The number of nitrogens with zero attached hydrogens (tertiary/aromatic N) is 1. The lowest BCUT2D eigenvalue weighted by Crippen LogP contribution is -2.40. The molecule has 0 saturated carbocycles. The molecule has 0 aliphatic carbocycles. The van der Waals surface area contributed by atoms with Gasteiger partial charge in [0.25, 0.3) is 0 Å². The van der Waals surface area contributed by atoms with E-state index >= 15 is 0 Å². The van der Waals surface area contributed by atoms with Crippen LogP contribution in [0.25, 0.3) is 0 Å². The van der Waals surface area contributed by atoms with E-state index in [1.807, 2.05) is 6.20 Å². The minimum atomic E-state index is 0.278. The largest absolute Gasteiger partial charge is 0.492 e. The molecule has 0 radical (unpaired) electrons. The van der Waals surface area contributed by atoms with Crippen LogP contribution in [0.5, 0.6) is 5.75 Å². The van der Waals surface area contributed by atoms with Crippen LogP contribution in [0, 0.1) is 5.41 Å². The molecule has 0 saturated heterocycles. The Bertz CT molecular complexity index is 385. The molecule has 3 heteroatoms. The molecule has 1 aromatic rings. The first-order valence-corrected chi connectivity index (χ1v) is 7.77. The number of hydrogen-bond acceptors (Lipinski definition) is 3. The van der Waals surface area contributed by atoms with Crippen LogP contribution in [0.1, 0.15) is 53.0 Å². The van der Waals surface area contributed by atoms with Gasteiger partial charge in [0.15, 0.2) is 0 Å². The van der Waals surface area contributed by atoms with Gasteiger partial charge in [0.1, 0.15) is 5.75 Å². The van der Waals surface area contributed by atoms with Crippen molar-refractivity contribution in [2.75, 3.05) is 13.2 Å². The maximum absolute atomic E-state index is 5.64. The van der Waals surface area contributed by atoms with E-state index in [0.717, 1.165) is 38.2 Å². The summed E-state index contributed by atoms with van der Waals surface area (Å²) in [5.74, 6) is 0.889. The van der Waals surface area contributed by atoms with E-state index in [-0.39, 0.29) is 5.41 Å². The number of aryl methyl sites for hydroxylation is 1. The molecule has 1 atom stereocenters. The van der Waals surface area contributed by atoms with Crippen LogP contribution in [-0.2, 0) is 6.42 Å². The first-order valence-electron chi connectivity index (χ1n) is 7.77. The van der Waals surface area contributed by atoms with Gasteiger partial charge in [-0.3, -0.25) is 4.98 Å². The fourth-order valence-electron chi connectivity index (χ4n) is 2.30. The van der Waals surface area contributed by atoms with Crippen molar-refractivity contribution in [3.8, 4) is 5.75 Å². The lowest BCUT2D eigenvalue weighted by molar-refractivity contribution is 0.258. The Labute approximate surface area is 124 Å². The third-order valence-electron chi connectivity index (χ3n) is 3.46. The molecule has 0 spiro atoms. The lowest BCUT2D eigenvalue weighted by atomic mass is 9.83. The molecule has 114 valence electrons. The second-order valence-corrected chi connectivity index (χ2v) is 6.39. The third kappa shape index (κ3) is 5.91. The van der Waals surface area contributed by atoms with Crippen LogP contribution in [0.15, 0.2) is 18.5 Å². The maximum atomic E-state index is 5.64. The van der Waals surface area contributed by atoms with Gasteiger partial charge in [-0.15, -0.1) is 0 Å². The van der Waals surface area contributed by atoms with Gasteiger partial charge in [0.05, 0.1) is 12.8 Å². The molecular formula is C17H30N2O. The summed E-state index contributed by atoms with van der Waals surface area (Å²) < 4.78 is 5.64. The number of rotatable bonds is 8. The molecule has 0 aromatic carbocycles. The zero-order chi connectivity index (χ0) is 15.0. The molecule has 0 amide bonds. The van der Waals surface area contributed by atoms with Gasteiger partial charge in [0, 0.05) is 12.2 Å². The third-order valence-corrected chi connectivity index (χ3v) is 3.46. The minimum absolute atomic E-state index is 0.278. The fraction of sp³-hybridized carbons (Fsp3) is 0.706. The fourth-order valence-corrected chi connectivity index (χ4v) is 2.30. The lowest BCUT2D eigenvalue weighted by Gasteiger charge is -2.31. The summed E-state index contributed by atoms with van der Waals surface area (Å²) in [5.41, 5.74) is 1.53. The summed E-state index contributed by atoms with van der Waals surface area (Å²) in [6, 6.07) is 2.64. The second kappa shape index (κ2) is 8.25. The number of hydrogen-bond donors (Lipinski definition) is 1. The Morgan fingerprint density at radius 3 is 2.60 bits per heavy atom. The molecule has 1 heterocycles. The SMILES string of the molecule is CCCOc1cncc(CCC(NCC)C(C)(C)C)c1. The van der Waals surface area contributed by atoms with Crippen molar-refractivity contribution in [1.29, 1.82) is 0 Å². The predicted octanol–water partition coefficient (Wildman–Crippen LogP) is 3.83. The van der Waals surface area contributed by atoms with E-state index in [1.165, 1.54) is 5.56 Å². The predicted molar refractivity (Wildman–Crippen MR) is 85.3 cm³/mol. The van der Waals surface area contributed by atoms with Gasteiger partial charge in [0.2, 0.25) is 0 Å². The molecule has 1 N–H and O–H groups in total. The molecule has 0 aliphatic heterocycles. The first kappa shape index (κ1) is 17.0. The zero-order valence-electron chi connectivity index (χ0n) is 13.7. The van der Waals surface area contributed by atoms with E-state index in [9.17, 15) is 0 Å². The Hall–Kier alpha value is -1.09. The zero-order valence-corrected chi connectivity index (χ0v) is 13.7. The molecule has 0 aliphatic rings. The van der Waals surface area contributed by atoms with Crippen LogP contribution in [0.3, 0.4) is 0 Å². The molecule has 0 fully saturated rings. The van der Waals surface area contributed by atoms with Gasteiger partial charge >= 0.3 is 0 Å². The summed E-state index contributed by atoms with van der Waals surface area (Å²) in [5, 5.41) is 3.59. The smallest absolute Gasteiger partial charge is 0.137 e. The number of aromatic nitrogens is 1. The monoisotopic (exact) mass is 278 g/mol. The summed E-state index contributed by atoms with van der Waals surface area (Å²) in [6.07, 6.45) is 6.92. The van der Waals surface area contributed by atoms with Crippen molar-refractivity contribution in [3.63, 3.8) is 0 Å². The standard InChI is InChI=1S/C17H30N2O/c1-6-10-20-15-11-14(12-18-13-15)8-9-16(19-7-2)17(3,4)5/h11-13,16,19H,6-10H2,1-5H3. The summed E-state index contributed by atoms with van der Waals surface area (Å²) in [6.45, 7) is 12.9. The van der Waals surface area contributed by atoms with Gasteiger partial charge < -0.3 is 10.1 Å². The molecular weight excluding hydrogens is 248 g/mol. The van der Waals surface area contributed by atoms with Gasteiger partial charge in [-0.25, -0.2) is 0 Å². The van der Waals surface area contributed by atoms with Gasteiger partial charge in [-0.05, 0) is 42.9 Å². The summed E-state index contributed by atoms with van der Waals surface area (Å²) in [7, 11) is 0. The van der Waals surface area contributed by atoms with Gasteiger partial charge in [-0.1, -0.05) is 34.6 Å². The van der Waals surface area contributed by atoms with E-state index in [1.54, 1.807) is 6.20 Å². The highest BCUT2D eigenvalue weighted by atomic mass is 16.5. The Kier molecular flexibility index (Phi) is 7.00. The Morgan fingerprint density at radius 1 is 1.25 bits per heavy atom. The molecule has 1 rings (SSSR count). The van der Waals surface area contributed by atoms with Crippen molar-refractivity contribution < 1.29 is 4.74 Å². The van der Waals surface area contributed by atoms with Gasteiger partial charge in [-0.2, -0.15) is 0 Å². The number of ether oxygens (including phenoxy) is 1. The van der Waals surface area contributed by atoms with Crippen molar-refractivity contribution >= 4 is 0 Å². The molecule has 20 heavy (non-hydrogen) atoms. The number of pyridine rings is 1. The van der Waals surface area contributed by atoms with Crippen molar-refractivity contribution in [2.45, 2.75) is 59.9 Å². The van der Waals surface area contributed by atoms with E-state index in [2.05, 4.69) is 51.0 Å². The van der Waals surface area contributed by atoms with Crippen LogP contribution >= 0.6 is 0 Å². The van der Waals surface area contributed by atoms with Crippen LogP contribution in [-0.4, -0.2) is 24.2 Å². The van der Waals surface area contributed by atoms with Crippen LogP contribution in [0.4, 0.5) is 0 Å². The molecule has 1 unspecified atom stereocenters. The summed E-state index contributed by atoms with van der Waals surface area (Å²) in [4.78, 5) is 4.28. The van der Waals surface area contributed by atoms with Crippen LogP contribution < -0.4 is 10.1 Å². The van der Waals surface area contributed by atoms with E-state index < -0.39 is 0 Å². The summed E-state index contributed by atoms with van der Waals surface area (Å²) >= 11 is 0. The van der Waals surface area contributed by atoms with Crippen molar-refractivity contribution in [1.82, 2.24) is 10.3 Å². The quantitative estimate of drug-likeness (QED) is 0.785. The minimum Gasteiger partial charge on any atom is -0.492 e. The van der Waals surface area contributed by atoms with Crippen LogP contribution in [0.2, 0.25) is 0 Å². The molecule has 1 aromatic heterocycles. The second-order valence-electron chi connectivity index (χ2n) is 6.39. The maximum Gasteiger partial charge on any atom is 0.137 e. The highest BCUT2D eigenvalue weighted by molar-refractivity contribution is 5.23. The highest BCUT2D eigenvalue weighted by Crippen LogP contribution is 2.23. The Balaban J connectivity index is 2.59. The van der Waals surface area contributed by atoms with Crippen molar-refractivity contribution in [3.05, 3.63) is 24.0 Å². The highest BCUT2D eigenvalue weighted by Gasteiger charge is 2.23. The van der Waals surface area contributed by atoms with Crippen molar-refractivity contribution in [2.24, 2.45) is 5.41 Å². The van der Waals surface area contributed by atoms with E-state index in [4.69, 9.17) is 4.74 Å². The number of nitrogens with one attached hydrogen (secondary N) is 1. The average Bonchev–Trinajstić information content (AvgIpc) is 2.40. The van der Waals surface area contributed by atoms with E-state index in [0.29, 0.717) is 6.04 Å².